The Kier molecular flexibility index (Phi) is 4.59. The summed E-state index contributed by atoms with van der Waals surface area (Å²) < 4.78 is 5.12. The lowest BCUT2D eigenvalue weighted by atomic mass is 9.54. The topological polar surface area (TPSA) is 70.6 Å². The molecule has 3 N–H and O–H groups in total. The van der Waals surface area contributed by atoms with Crippen LogP contribution in [0.2, 0.25) is 0 Å². The van der Waals surface area contributed by atoms with Gasteiger partial charge < -0.3 is 20.5 Å². The average Bonchev–Trinajstić information content (AvgIpc) is 2.62. The first-order valence-corrected chi connectivity index (χ1v) is 9.48. The van der Waals surface area contributed by atoms with Crippen LogP contribution in [0, 0.1) is 23.7 Å². The molecule has 0 spiro atoms. The highest BCUT2D eigenvalue weighted by molar-refractivity contribution is 5.74. The number of hydrogen-bond donors (Lipinski definition) is 3. The second-order valence-corrected chi connectivity index (χ2v) is 8.10. The van der Waals surface area contributed by atoms with Gasteiger partial charge in [-0.25, -0.2) is 4.79 Å². The van der Waals surface area contributed by atoms with Gasteiger partial charge >= 0.3 is 6.03 Å². The molecule has 1 aromatic rings. The molecule has 5 heteroatoms. The number of carbonyl (C=O) groups is 1. The summed E-state index contributed by atoms with van der Waals surface area (Å²) in [5.41, 5.74) is 0.774. The number of aliphatic hydroxyl groups excluding tert-OH is 1. The van der Waals surface area contributed by atoms with Crippen molar-refractivity contribution in [2.24, 2.45) is 23.7 Å². The van der Waals surface area contributed by atoms with Crippen LogP contribution in [0.4, 0.5) is 4.79 Å². The van der Waals surface area contributed by atoms with Crippen molar-refractivity contribution < 1.29 is 14.6 Å². The van der Waals surface area contributed by atoms with Crippen LogP contribution in [0.15, 0.2) is 24.3 Å². The third-order valence-corrected chi connectivity index (χ3v) is 6.48. The lowest BCUT2D eigenvalue weighted by Gasteiger charge is -2.54. The first-order chi connectivity index (χ1) is 12.1. The normalized spacial score (nSPS) is 33.8. The van der Waals surface area contributed by atoms with Crippen molar-refractivity contribution in [2.75, 3.05) is 13.7 Å². The van der Waals surface area contributed by atoms with Gasteiger partial charge in [-0.05, 0) is 73.5 Å². The van der Waals surface area contributed by atoms with Crippen LogP contribution in [-0.4, -0.2) is 30.8 Å². The fraction of sp³-hybridized carbons (Fsp3) is 0.650. The molecule has 1 aromatic carbocycles. The summed E-state index contributed by atoms with van der Waals surface area (Å²) in [6.07, 6.45) is 5.84. The van der Waals surface area contributed by atoms with Gasteiger partial charge in [0, 0.05) is 12.6 Å². The third kappa shape index (κ3) is 3.47. The maximum atomic E-state index is 12.3. The van der Waals surface area contributed by atoms with E-state index in [0.29, 0.717) is 17.9 Å². The van der Waals surface area contributed by atoms with Gasteiger partial charge in [0.1, 0.15) is 5.75 Å². The number of amides is 2. The van der Waals surface area contributed by atoms with E-state index in [2.05, 4.69) is 10.6 Å². The van der Waals surface area contributed by atoms with E-state index in [1.54, 1.807) is 7.11 Å². The minimum Gasteiger partial charge on any atom is -0.497 e. The predicted octanol–water partition coefficient (Wildman–Crippen LogP) is 2.85. The van der Waals surface area contributed by atoms with E-state index in [4.69, 9.17) is 4.74 Å². The molecule has 4 aliphatic carbocycles. The SMILES string of the molecule is COc1ccc(C(O)CNC(=O)NC2C3CC4CC(C3)CC2C4)cc1. The Hall–Kier alpha value is -1.75. The molecule has 0 radical (unpaired) electrons. The first-order valence-electron chi connectivity index (χ1n) is 9.48. The molecule has 4 aliphatic rings. The molecule has 4 fully saturated rings. The molecular weight excluding hydrogens is 316 g/mol. The van der Waals surface area contributed by atoms with Crippen molar-refractivity contribution in [3.8, 4) is 5.75 Å². The molecule has 1 atom stereocenters. The molecule has 5 nitrogen and oxygen atoms in total. The lowest BCUT2D eigenvalue weighted by Crippen LogP contribution is -2.57. The summed E-state index contributed by atoms with van der Waals surface area (Å²) in [7, 11) is 1.61. The van der Waals surface area contributed by atoms with Crippen molar-refractivity contribution in [2.45, 2.75) is 44.2 Å². The van der Waals surface area contributed by atoms with Gasteiger partial charge in [-0.2, -0.15) is 0 Å². The van der Waals surface area contributed by atoms with Gasteiger partial charge in [-0.15, -0.1) is 0 Å². The number of nitrogens with one attached hydrogen (secondary N) is 2. The fourth-order valence-corrected chi connectivity index (χ4v) is 5.50. The van der Waals surface area contributed by atoms with Crippen LogP contribution < -0.4 is 15.4 Å². The Morgan fingerprint density at radius 2 is 1.72 bits per heavy atom. The van der Waals surface area contributed by atoms with Crippen LogP contribution in [0.3, 0.4) is 0 Å². The number of rotatable bonds is 5. The quantitative estimate of drug-likeness (QED) is 0.769. The Balaban J connectivity index is 1.27. The minimum absolute atomic E-state index is 0.148. The van der Waals surface area contributed by atoms with E-state index in [9.17, 15) is 9.90 Å². The van der Waals surface area contributed by atoms with E-state index in [1.165, 1.54) is 32.1 Å². The molecule has 0 aromatic heterocycles. The summed E-state index contributed by atoms with van der Waals surface area (Å²) in [5, 5.41) is 16.3. The number of methoxy groups -OCH3 is 1. The molecule has 0 saturated heterocycles. The van der Waals surface area contributed by atoms with E-state index in [0.717, 1.165) is 23.1 Å². The molecule has 25 heavy (non-hydrogen) atoms. The molecule has 2 amide bonds. The van der Waals surface area contributed by atoms with Crippen LogP contribution in [-0.2, 0) is 0 Å². The summed E-state index contributed by atoms with van der Waals surface area (Å²) >= 11 is 0. The fourth-order valence-electron chi connectivity index (χ4n) is 5.50. The van der Waals surface area contributed by atoms with E-state index in [-0.39, 0.29) is 12.6 Å². The minimum atomic E-state index is -0.713. The van der Waals surface area contributed by atoms with Gasteiger partial charge in [0.25, 0.3) is 0 Å². The van der Waals surface area contributed by atoms with Crippen molar-refractivity contribution in [3.05, 3.63) is 29.8 Å². The van der Waals surface area contributed by atoms with Gasteiger partial charge in [0.05, 0.1) is 13.2 Å². The van der Waals surface area contributed by atoms with Crippen LogP contribution in [0.25, 0.3) is 0 Å². The Morgan fingerprint density at radius 3 is 2.28 bits per heavy atom. The molecule has 0 heterocycles. The monoisotopic (exact) mass is 344 g/mol. The third-order valence-electron chi connectivity index (χ3n) is 6.48. The summed E-state index contributed by atoms with van der Waals surface area (Å²) in [4.78, 5) is 12.3. The second kappa shape index (κ2) is 6.87. The highest BCUT2D eigenvalue weighted by Gasteiger charge is 2.48. The largest absolute Gasteiger partial charge is 0.497 e. The van der Waals surface area contributed by atoms with Crippen molar-refractivity contribution in [1.29, 1.82) is 0 Å². The van der Waals surface area contributed by atoms with Crippen LogP contribution >= 0.6 is 0 Å². The number of benzene rings is 1. The number of urea groups is 1. The standard InChI is InChI=1S/C20H28N2O3/c1-25-17-4-2-14(3-5-17)18(23)11-21-20(24)22-19-15-7-12-6-13(9-15)10-16(19)8-12/h2-5,12-13,15-16,18-19,23H,6-11H2,1H3,(H2,21,22,24). The van der Waals surface area contributed by atoms with E-state index in [1.807, 2.05) is 24.3 Å². The second-order valence-electron chi connectivity index (χ2n) is 8.10. The van der Waals surface area contributed by atoms with E-state index >= 15 is 0 Å². The molecule has 0 aliphatic heterocycles. The van der Waals surface area contributed by atoms with E-state index < -0.39 is 6.10 Å². The van der Waals surface area contributed by atoms with Gasteiger partial charge in [0.15, 0.2) is 0 Å². The van der Waals surface area contributed by atoms with Gasteiger partial charge in [-0.3, -0.25) is 0 Å². The molecule has 4 bridgehead atoms. The summed E-state index contributed by atoms with van der Waals surface area (Å²) in [5.74, 6) is 3.88. The van der Waals surface area contributed by atoms with Crippen molar-refractivity contribution in [3.63, 3.8) is 0 Å². The Bertz CT molecular complexity index is 588. The maximum Gasteiger partial charge on any atom is 0.315 e. The smallest absolute Gasteiger partial charge is 0.315 e. The number of aliphatic hydroxyl groups is 1. The number of carbonyl (C=O) groups excluding carboxylic acids is 1. The Labute approximate surface area is 149 Å². The van der Waals surface area contributed by atoms with Crippen molar-refractivity contribution in [1.82, 2.24) is 10.6 Å². The predicted molar refractivity (Wildman–Crippen MR) is 95.3 cm³/mol. The molecule has 5 rings (SSSR count). The van der Waals surface area contributed by atoms with Gasteiger partial charge in [0.2, 0.25) is 0 Å². The number of ether oxygens (including phenoxy) is 1. The molecule has 136 valence electrons. The van der Waals surface area contributed by atoms with Crippen molar-refractivity contribution >= 4 is 6.03 Å². The lowest BCUT2D eigenvalue weighted by molar-refractivity contribution is -0.00951. The molecule has 4 saturated carbocycles. The van der Waals surface area contributed by atoms with Crippen LogP contribution in [0.1, 0.15) is 43.8 Å². The van der Waals surface area contributed by atoms with Gasteiger partial charge in [-0.1, -0.05) is 12.1 Å². The average molecular weight is 344 g/mol. The first kappa shape index (κ1) is 16.7. The zero-order valence-corrected chi connectivity index (χ0v) is 14.8. The zero-order chi connectivity index (χ0) is 17.4. The zero-order valence-electron chi connectivity index (χ0n) is 14.8. The summed E-state index contributed by atoms with van der Waals surface area (Å²) in [6, 6.07) is 7.44. The molecular formula is C20H28N2O3. The molecule has 1 unspecified atom stereocenters. The highest BCUT2D eigenvalue weighted by Crippen LogP contribution is 2.53. The Morgan fingerprint density at radius 1 is 1.12 bits per heavy atom. The number of hydrogen-bond acceptors (Lipinski definition) is 3. The summed E-state index contributed by atoms with van der Waals surface area (Å²) in [6.45, 7) is 0.214. The maximum absolute atomic E-state index is 12.3. The van der Waals surface area contributed by atoms with Crippen LogP contribution in [0.5, 0.6) is 5.75 Å². The highest BCUT2D eigenvalue weighted by atomic mass is 16.5.